The monoisotopic (exact) mass is 509 g/mol. The molecule has 1 aromatic heterocycles. The largest absolute Gasteiger partial charge is 0.497 e. The number of amides is 2. The number of nitrogens with zero attached hydrogens (tertiary/aromatic N) is 2. The summed E-state index contributed by atoms with van der Waals surface area (Å²) in [6.07, 6.45) is 0.960. The summed E-state index contributed by atoms with van der Waals surface area (Å²) in [7, 11) is 1.58. The van der Waals surface area contributed by atoms with E-state index in [0.717, 1.165) is 23.4 Å². The van der Waals surface area contributed by atoms with Crippen LogP contribution in [0.3, 0.4) is 0 Å². The fraction of sp³-hybridized carbons (Fsp3) is 0.250. The maximum atomic E-state index is 12.9. The van der Waals surface area contributed by atoms with Gasteiger partial charge >= 0.3 is 6.18 Å². The Kier molecular flexibility index (Phi) is 7.91. The molecule has 0 atom stereocenters. The number of carbonyl (C=O) groups is 2. The maximum absolute atomic E-state index is 12.9. The van der Waals surface area contributed by atoms with E-state index in [9.17, 15) is 22.8 Å². The van der Waals surface area contributed by atoms with Crippen molar-refractivity contribution in [2.45, 2.75) is 24.9 Å². The molecule has 1 N–H and O–H groups in total. The number of ether oxygens (including phenoxy) is 1. The quantitative estimate of drug-likeness (QED) is 0.428. The Labute approximate surface area is 212 Å². The minimum absolute atomic E-state index is 0.0127. The van der Waals surface area contributed by atoms with E-state index in [0.29, 0.717) is 37.4 Å². The number of halogens is 3. The average Bonchev–Trinajstić information content (AvgIpc) is 2.92. The third-order valence-corrected chi connectivity index (χ3v) is 6.25. The Hall–Kier alpha value is -4.14. The number of alkyl halides is 3. The van der Waals surface area contributed by atoms with Gasteiger partial charge in [0.25, 0.3) is 5.91 Å². The molecule has 2 heterocycles. The van der Waals surface area contributed by atoms with Crippen molar-refractivity contribution in [1.82, 2.24) is 9.88 Å². The van der Waals surface area contributed by atoms with E-state index < -0.39 is 17.8 Å². The molecule has 3 aromatic rings. The number of hydrogen-bond acceptors (Lipinski definition) is 4. The van der Waals surface area contributed by atoms with Crippen LogP contribution in [-0.2, 0) is 11.0 Å². The number of pyridine rings is 1. The summed E-state index contributed by atoms with van der Waals surface area (Å²) >= 11 is 0. The Bertz CT molecular complexity index is 1280. The molecule has 2 aromatic carbocycles. The van der Waals surface area contributed by atoms with Crippen molar-refractivity contribution < 1.29 is 27.5 Å². The van der Waals surface area contributed by atoms with Crippen molar-refractivity contribution >= 4 is 23.6 Å². The van der Waals surface area contributed by atoms with Gasteiger partial charge in [0.15, 0.2) is 0 Å². The van der Waals surface area contributed by atoms with Gasteiger partial charge in [0.1, 0.15) is 11.4 Å². The number of hydrogen-bond donors (Lipinski definition) is 1. The predicted octanol–water partition coefficient (Wildman–Crippen LogP) is 5.78. The highest BCUT2D eigenvalue weighted by Crippen LogP contribution is 2.31. The van der Waals surface area contributed by atoms with Crippen molar-refractivity contribution in [3.63, 3.8) is 0 Å². The zero-order chi connectivity index (χ0) is 26.4. The molecule has 0 radical (unpaired) electrons. The Morgan fingerprint density at radius 1 is 1.05 bits per heavy atom. The van der Waals surface area contributed by atoms with E-state index in [1.165, 1.54) is 12.1 Å². The van der Waals surface area contributed by atoms with Crippen LogP contribution in [0.4, 0.5) is 18.9 Å². The number of piperidine rings is 1. The van der Waals surface area contributed by atoms with Gasteiger partial charge in [-0.3, -0.25) is 14.6 Å². The minimum Gasteiger partial charge on any atom is -0.497 e. The normalized spacial score (nSPS) is 14.5. The van der Waals surface area contributed by atoms with Gasteiger partial charge in [0.05, 0.1) is 7.11 Å². The van der Waals surface area contributed by atoms with Crippen molar-refractivity contribution in [3.8, 4) is 5.75 Å². The smallest absolute Gasteiger partial charge is 0.433 e. The number of nitrogens with one attached hydrogen (secondary N) is 1. The molecule has 37 heavy (non-hydrogen) atoms. The predicted molar refractivity (Wildman–Crippen MR) is 134 cm³/mol. The highest BCUT2D eigenvalue weighted by molar-refractivity contribution is 6.02. The van der Waals surface area contributed by atoms with Crippen molar-refractivity contribution in [2.75, 3.05) is 25.5 Å². The van der Waals surface area contributed by atoms with Crippen molar-refractivity contribution in [1.29, 1.82) is 0 Å². The lowest BCUT2D eigenvalue weighted by Gasteiger charge is -2.32. The second-order valence-electron chi connectivity index (χ2n) is 8.72. The first kappa shape index (κ1) is 25.9. The molecule has 192 valence electrons. The SMILES string of the molecule is COc1cccc(/C=C/C(=O)Nc2ccc(C3CCN(C(=O)c4ccnc(C(F)(F)F)c4)CC3)cc2)c1. The summed E-state index contributed by atoms with van der Waals surface area (Å²) in [4.78, 5) is 29.9. The molecule has 1 aliphatic heterocycles. The topological polar surface area (TPSA) is 71.5 Å². The van der Waals surface area contributed by atoms with Crippen LogP contribution >= 0.6 is 0 Å². The fourth-order valence-electron chi connectivity index (χ4n) is 4.26. The Morgan fingerprint density at radius 3 is 2.46 bits per heavy atom. The molecule has 9 heteroatoms. The van der Waals surface area contributed by atoms with Gasteiger partial charge in [0, 0.05) is 36.6 Å². The third-order valence-electron chi connectivity index (χ3n) is 6.25. The van der Waals surface area contributed by atoms with Crippen LogP contribution in [-0.4, -0.2) is 41.9 Å². The van der Waals surface area contributed by atoms with Crippen LogP contribution in [0, 0.1) is 0 Å². The van der Waals surface area contributed by atoms with Crippen LogP contribution in [0.1, 0.15) is 45.9 Å². The third kappa shape index (κ3) is 6.75. The Balaban J connectivity index is 1.30. The molecule has 0 bridgehead atoms. The van der Waals surface area contributed by atoms with Crippen LogP contribution in [0.2, 0.25) is 0 Å². The summed E-state index contributed by atoms with van der Waals surface area (Å²) < 4.78 is 44.0. The molecular formula is C28H26F3N3O3. The minimum atomic E-state index is -4.60. The first-order valence-electron chi connectivity index (χ1n) is 11.8. The van der Waals surface area contributed by atoms with Gasteiger partial charge in [-0.25, -0.2) is 0 Å². The zero-order valence-corrected chi connectivity index (χ0v) is 20.2. The van der Waals surface area contributed by atoms with Gasteiger partial charge in [-0.15, -0.1) is 0 Å². The number of methoxy groups -OCH3 is 1. The summed E-state index contributed by atoms with van der Waals surface area (Å²) in [6, 6.07) is 17.0. The second kappa shape index (κ2) is 11.3. The van der Waals surface area contributed by atoms with E-state index >= 15 is 0 Å². The number of carbonyl (C=O) groups excluding carboxylic acids is 2. The Morgan fingerprint density at radius 2 is 1.78 bits per heavy atom. The molecule has 2 amide bonds. The lowest BCUT2D eigenvalue weighted by Crippen LogP contribution is -2.38. The highest BCUT2D eigenvalue weighted by atomic mass is 19.4. The van der Waals surface area contributed by atoms with E-state index in [4.69, 9.17) is 4.74 Å². The number of likely N-dealkylation sites (tertiary alicyclic amines) is 1. The van der Waals surface area contributed by atoms with Gasteiger partial charge in [-0.1, -0.05) is 24.3 Å². The molecule has 1 saturated heterocycles. The number of benzene rings is 2. The molecule has 1 fully saturated rings. The lowest BCUT2D eigenvalue weighted by atomic mass is 9.89. The van der Waals surface area contributed by atoms with Gasteiger partial charge in [-0.2, -0.15) is 13.2 Å². The summed E-state index contributed by atoms with van der Waals surface area (Å²) in [5, 5.41) is 2.83. The molecule has 0 spiro atoms. The molecule has 0 saturated carbocycles. The number of aromatic nitrogens is 1. The molecule has 4 rings (SSSR count). The van der Waals surface area contributed by atoms with E-state index in [1.54, 1.807) is 18.1 Å². The maximum Gasteiger partial charge on any atom is 0.433 e. The van der Waals surface area contributed by atoms with Crippen LogP contribution in [0.15, 0.2) is 72.9 Å². The molecular weight excluding hydrogens is 483 g/mol. The molecule has 0 aliphatic carbocycles. The fourth-order valence-corrected chi connectivity index (χ4v) is 4.26. The van der Waals surface area contributed by atoms with E-state index in [1.807, 2.05) is 48.5 Å². The van der Waals surface area contributed by atoms with Gasteiger partial charge < -0.3 is 15.0 Å². The van der Waals surface area contributed by atoms with E-state index in [2.05, 4.69) is 10.3 Å². The number of anilines is 1. The van der Waals surface area contributed by atoms with Crippen molar-refractivity contribution in [2.24, 2.45) is 0 Å². The lowest BCUT2D eigenvalue weighted by molar-refractivity contribution is -0.141. The highest BCUT2D eigenvalue weighted by Gasteiger charge is 2.33. The van der Waals surface area contributed by atoms with Gasteiger partial charge in [0.2, 0.25) is 5.91 Å². The first-order chi connectivity index (χ1) is 17.7. The standard InChI is InChI=1S/C28H26F3N3O3/c1-37-24-4-2-3-19(17-24)5-10-26(35)33-23-8-6-20(7-9-23)21-12-15-34(16-13-21)27(36)22-11-14-32-25(18-22)28(29,30)31/h2-11,14,17-18,21H,12-13,15-16H2,1H3,(H,33,35)/b10-5+. The molecule has 6 nitrogen and oxygen atoms in total. The molecule has 0 unspecified atom stereocenters. The summed E-state index contributed by atoms with van der Waals surface area (Å²) in [6.45, 7) is 0.890. The van der Waals surface area contributed by atoms with Crippen LogP contribution in [0.5, 0.6) is 5.75 Å². The van der Waals surface area contributed by atoms with Crippen LogP contribution < -0.4 is 10.1 Å². The van der Waals surface area contributed by atoms with Crippen molar-refractivity contribution in [3.05, 3.63) is 95.3 Å². The zero-order valence-electron chi connectivity index (χ0n) is 20.2. The van der Waals surface area contributed by atoms with Crippen LogP contribution in [0.25, 0.3) is 6.08 Å². The summed E-state index contributed by atoms with van der Waals surface area (Å²) in [5.74, 6) is 0.241. The number of rotatable bonds is 6. The average molecular weight is 510 g/mol. The first-order valence-corrected chi connectivity index (χ1v) is 11.8. The van der Waals surface area contributed by atoms with E-state index in [-0.39, 0.29) is 17.4 Å². The second-order valence-corrected chi connectivity index (χ2v) is 8.72. The molecule has 1 aliphatic rings. The summed E-state index contributed by atoms with van der Waals surface area (Å²) in [5.41, 5.74) is 1.51. The van der Waals surface area contributed by atoms with Gasteiger partial charge in [-0.05, 0) is 72.4 Å².